The number of nitrogens with one attached hydrogen (secondary N) is 1. The van der Waals surface area contributed by atoms with Crippen molar-refractivity contribution < 1.29 is 0 Å². The van der Waals surface area contributed by atoms with Crippen LogP contribution in [0, 0.1) is 5.41 Å². The van der Waals surface area contributed by atoms with Gasteiger partial charge in [0.1, 0.15) is 5.65 Å². The lowest BCUT2D eigenvalue weighted by Gasteiger charge is -2.25. The Hall–Kier alpha value is -3.19. The molecule has 31 heavy (non-hydrogen) atoms. The molecule has 2 aliphatic rings. The third kappa shape index (κ3) is 3.20. The van der Waals surface area contributed by atoms with Crippen LogP contribution in [0.15, 0.2) is 59.8 Å². The summed E-state index contributed by atoms with van der Waals surface area (Å²) in [5.74, 6) is 0. The number of hydrogen-bond donors (Lipinski definition) is 1. The van der Waals surface area contributed by atoms with Gasteiger partial charge in [-0.05, 0) is 37.6 Å². The van der Waals surface area contributed by atoms with Crippen molar-refractivity contribution in [3.05, 3.63) is 71.0 Å². The van der Waals surface area contributed by atoms with E-state index in [1.807, 2.05) is 53.3 Å². The van der Waals surface area contributed by atoms with Gasteiger partial charge in [-0.3, -0.25) is 4.79 Å². The van der Waals surface area contributed by atoms with Crippen LogP contribution in [-0.4, -0.2) is 45.3 Å². The van der Waals surface area contributed by atoms with Crippen molar-refractivity contribution in [2.24, 2.45) is 5.41 Å². The Bertz CT molecular complexity index is 1280. The number of pyridine rings is 1. The van der Waals surface area contributed by atoms with E-state index >= 15 is 0 Å². The van der Waals surface area contributed by atoms with Gasteiger partial charge >= 0.3 is 0 Å². The van der Waals surface area contributed by atoms with Crippen molar-refractivity contribution in [2.75, 3.05) is 31.1 Å². The van der Waals surface area contributed by atoms with Crippen molar-refractivity contribution in [3.63, 3.8) is 0 Å². The maximum atomic E-state index is 13.4. The Labute approximate surface area is 180 Å². The Kier molecular flexibility index (Phi) is 4.31. The molecule has 2 saturated heterocycles. The highest BCUT2D eigenvalue weighted by Gasteiger charge is 2.40. The molecule has 2 aliphatic heterocycles. The Balaban J connectivity index is 1.31. The second-order valence-electron chi connectivity index (χ2n) is 8.96. The van der Waals surface area contributed by atoms with Crippen LogP contribution in [0.3, 0.4) is 0 Å². The summed E-state index contributed by atoms with van der Waals surface area (Å²) >= 11 is 0. The fraction of sp³-hybridized carbons (Fsp3) is 0.375. The largest absolute Gasteiger partial charge is 0.370 e. The highest BCUT2D eigenvalue weighted by molar-refractivity contribution is 5.93. The highest BCUT2D eigenvalue weighted by atomic mass is 16.1. The standard InChI is InChI=1S/C24H26N6O/c31-23-22-18(4-3-5-20(22)29-13-9-24(17-29)8-10-25-16-24)14-26-30(23)12-7-19-15-28-11-2-1-6-21(28)27-19/h1-6,11,14-15,25H,7-10,12-13,16-17H2. The molecule has 4 aromatic rings. The zero-order valence-corrected chi connectivity index (χ0v) is 17.5. The summed E-state index contributed by atoms with van der Waals surface area (Å²) in [6.45, 7) is 4.72. The minimum absolute atomic E-state index is 0.0117. The predicted octanol–water partition coefficient (Wildman–Crippen LogP) is 2.48. The molecule has 3 aromatic heterocycles. The average molecular weight is 415 g/mol. The minimum Gasteiger partial charge on any atom is -0.370 e. The molecular formula is C24H26N6O. The van der Waals surface area contributed by atoms with E-state index in [1.165, 1.54) is 12.8 Å². The van der Waals surface area contributed by atoms with Crippen LogP contribution in [0.2, 0.25) is 0 Å². The van der Waals surface area contributed by atoms with Gasteiger partial charge in [0.2, 0.25) is 0 Å². The van der Waals surface area contributed by atoms with Gasteiger partial charge in [0.05, 0.1) is 29.5 Å². The van der Waals surface area contributed by atoms with Crippen LogP contribution in [0.5, 0.6) is 0 Å². The fourth-order valence-electron chi connectivity index (χ4n) is 5.25. The number of nitrogens with zero attached hydrogens (tertiary/aromatic N) is 5. The van der Waals surface area contributed by atoms with Gasteiger partial charge < -0.3 is 14.6 Å². The monoisotopic (exact) mass is 414 g/mol. The molecule has 1 N–H and O–H groups in total. The summed E-state index contributed by atoms with van der Waals surface area (Å²) in [6.07, 6.45) is 8.91. The SMILES string of the molecule is O=c1c2c(N3CCC4(CCNC4)C3)cccc2cnn1CCc1cn2ccccc2n1. The quantitative estimate of drug-likeness (QED) is 0.556. The van der Waals surface area contributed by atoms with Crippen LogP contribution in [0.25, 0.3) is 16.4 Å². The zero-order valence-electron chi connectivity index (χ0n) is 17.5. The number of hydrogen-bond acceptors (Lipinski definition) is 5. The summed E-state index contributed by atoms with van der Waals surface area (Å²) in [7, 11) is 0. The summed E-state index contributed by atoms with van der Waals surface area (Å²) < 4.78 is 3.60. The topological polar surface area (TPSA) is 67.5 Å². The number of aryl methyl sites for hydroxylation is 2. The smallest absolute Gasteiger partial charge is 0.276 e. The van der Waals surface area contributed by atoms with Crippen LogP contribution >= 0.6 is 0 Å². The number of aromatic nitrogens is 4. The first-order valence-electron chi connectivity index (χ1n) is 11.1. The lowest BCUT2D eigenvalue weighted by molar-refractivity contribution is 0.369. The van der Waals surface area contributed by atoms with E-state index in [0.29, 0.717) is 18.4 Å². The minimum atomic E-state index is -0.0117. The molecule has 1 unspecified atom stereocenters. The number of imidazole rings is 1. The molecule has 0 saturated carbocycles. The predicted molar refractivity (Wildman–Crippen MR) is 122 cm³/mol. The lowest BCUT2D eigenvalue weighted by atomic mass is 9.86. The molecule has 7 nitrogen and oxygen atoms in total. The number of fused-ring (bicyclic) bond motifs is 2. The van der Waals surface area contributed by atoms with E-state index < -0.39 is 0 Å². The first-order valence-corrected chi connectivity index (χ1v) is 11.1. The van der Waals surface area contributed by atoms with Gasteiger partial charge in [-0.15, -0.1) is 0 Å². The van der Waals surface area contributed by atoms with Crippen LogP contribution in [0.4, 0.5) is 5.69 Å². The summed E-state index contributed by atoms with van der Waals surface area (Å²) in [6, 6.07) is 12.1. The molecule has 0 aliphatic carbocycles. The van der Waals surface area contributed by atoms with Crippen molar-refractivity contribution in [3.8, 4) is 0 Å². The van der Waals surface area contributed by atoms with Crippen molar-refractivity contribution >= 4 is 22.1 Å². The molecule has 5 heterocycles. The van der Waals surface area contributed by atoms with E-state index in [-0.39, 0.29) is 5.56 Å². The summed E-state index contributed by atoms with van der Waals surface area (Å²) in [5.41, 5.74) is 3.28. The molecule has 0 radical (unpaired) electrons. The molecule has 0 amide bonds. The molecule has 158 valence electrons. The Morgan fingerprint density at radius 3 is 2.97 bits per heavy atom. The molecule has 1 atom stereocenters. The van der Waals surface area contributed by atoms with Crippen molar-refractivity contribution in [2.45, 2.75) is 25.8 Å². The van der Waals surface area contributed by atoms with Gasteiger partial charge in [-0.2, -0.15) is 5.10 Å². The summed E-state index contributed by atoms with van der Waals surface area (Å²) in [5, 5.41) is 9.67. The first kappa shape index (κ1) is 18.6. The third-order valence-electron chi connectivity index (χ3n) is 6.96. The maximum Gasteiger partial charge on any atom is 0.276 e. The first-order chi connectivity index (χ1) is 15.2. The molecule has 7 heteroatoms. The van der Waals surface area contributed by atoms with E-state index in [0.717, 1.165) is 54.0 Å². The van der Waals surface area contributed by atoms with Crippen LogP contribution < -0.4 is 15.8 Å². The highest BCUT2D eigenvalue weighted by Crippen LogP contribution is 2.39. The van der Waals surface area contributed by atoms with E-state index in [4.69, 9.17) is 0 Å². The lowest BCUT2D eigenvalue weighted by Crippen LogP contribution is -2.30. The summed E-state index contributed by atoms with van der Waals surface area (Å²) in [4.78, 5) is 20.5. The Morgan fingerprint density at radius 2 is 2.10 bits per heavy atom. The van der Waals surface area contributed by atoms with Gasteiger partial charge in [0, 0.05) is 49.2 Å². The second kappa shape index (κ2) is 7.20. The molecule has 2 fully saturated rings. The molecule has 6 rings (SSSR count). The Morgan fingerprint density at radius 1 is 1.13 bits per heavy atom. The van der Waals surface area contributed by atoms with Gasteiger partial charge in [-0.1, -0.05) is 18.2 Å². The average Bonchev–Trinajstić information content (AvgIpc) is 3.53. The van der Waals surface area contributed by atoms with Crippen molar-refractivity contribution in [1.29, 1.82) is 0 Å². The molecular weight excluding hydrogens is 388 g/mol. The van der Waals surface area contributed by atoms with E-state index in [2.05, 4.69) is 26.4 Å². The normalized spacial score (nSPS) is 21.1. The molecule has 1 spiro atoms. The number of anilines is 1. The van der Waals surface area contributed by atoms with E-state index in [9.17, 15) is 4.79 Å². The number of rotatable bonds is 4. The number of benzene rings is 1. The van der Waals surface area contributed by atoms with Gasteiger partial charge in [-0.25, -0.2) is 9.67 Å². The van der Waals surface area contributed by atoms with Crippen LogP contribution in [-0.2, 0) is 13.0 Å². The molecule has 1 aromatic carbocycles. The van der Waals surface area contributed by atoms with Crippen molar-refractivity contribution in [1.82, 2.24) is 24.5 Å². The fourth-order valence-corrected chi connectivity index (χ4v) is 5.25. The zero-order chi connectivity index (χ0) is 20.8. The van der Waals surface area contributed by atoms with E-state index in [1.54, 1.807) is 4.68 Å². The maximum absolute atomic E-state index is 13.4. The van der Waals surface area contributed by atoms with Crippen LogP contribution in [0.1, 0.15) is 18.5 Å². The van der Waals surface area contributed by atoms with Gasteiger partial charge in [0.15, 0.2) is 0 Å². The van der Waals surface area contributed by atoms with Gasteiger partial charge in [0.25, 0.3) is 5.56 Å². The third-order valence-corrected chi connectivity index (χ3v) is 6.96. The second-order valence-corrected chi connectivity index (χ2v) is 8.96. The molecule has 0 bridgehead atoms.